The number of ether oxygens (including phenoxy) is 2. The molecule has 0 bridgehead atoms. The topological polar surface area (TPSA) is 63.2 Å². The fraction of sp³-hybridized carbons (Fsp3) is 0.417. The number of rotatable bonds is 7. The quantitative estimate of drug-likeness (QED) is 0.483. The summed E-state index contributed by atoms with van der Waals surface area (Å²) in [5.41, 5.74) is 5.75. The normalized spacial score (nSPS) is 17.4. The lowest BCUT2D eigenvalue weighted by Crippen LogP contribution is -2.48. The molecule has 6 nitrogen and oxygen atoms in total. The minimum Gasteiger partial charge on any atom is -0.493 e. The van der Waals surface area contributed by atoms with Crippen LogP contribution in [0.4, 0.5) is 5.69 Å². The van der Waals surface area contributed by atoms with Crippen LogP contribution in [0, 0.1) is 0 Å². The molecular formula is C24H30ClN3O3. The van der Waals surface area contributed by atoms with E-state index in [1.54, 1.807) is 25.5 Å². The van der Waals surface area contributed by atoms with Gasteiger partial charge in [-0.3, -0.25) is 4.79 Å². The second kappa shape index (κ2) is 9.60. The third-order valence-electron chi connectivity index (χ3n) is 5.64. The number of carbonyl (C=O) groups excluding carboxylic acids is 1. The van der Waals surface area contributed by atoms with Gasteiger partial charge in [0.15, 0.2) is 18.1 Å². The molecule has 0 saturated heterocycles. The van der Waals surface area contributed by atoms with Crippen molar-refractivity contribution in [1.82, 2.24) is 5.43 Å². The molecule has 0 aliphatic carbocycles. The van der Waals surface area contributed by atoms with E-state index in [1.807, 2.05) is 18.2 Å². The maximum absolute atomic E-state index is 12.1. The maximum Gasteiger partial charge on any atom is 0.277 e. The van der Waals surface area contributed by atoms with Crippen molar-refractivity contribution in [2.75, 3.05) is 25.2 Å². The van der Waals surface area contributed by atoms with Crippen molar-refractivity contribution in [2.24, 2.45) is 5.10 Å². The standard InChI is InChI=1S/C24H30ClN3O3/c1-6-28-20-12-19(25)17(11-18(20)16(2)13-24(28,3)4)14-26-27-23(29)15-31-22-10-8-7-9-21(22)30-5/h7-12,14,16H,6,13,15H2,1-5H3,(H,27,29)/b26-14+. The summed E-state index contributed by atoms with van der Waals surface area (Å²) in [5.74, 6) is 1.10. The van der Waals surface area contributed by atoms with Gasteiger partial charge in [0.2, 0.25) is 0 Å². The molecule has 7 heteroatoms. The van der Waals surface area contributed by atoms with Gasteiger partial charge < -0.3 is 14.4 Å². The monoisotopic (exact) mass is 443 g/mol. The first-order chi connectivity index (χ1) is 14.8. The van der Waals surface area contributed by atoms with Gasteiger partial charge in [-0.2, -0.15) is 5.10 Å². The predicted molar refractivity (Wildman–Crippen MR) is 126 cm³/mol. The van der Waals surface area contributed by atoms with Crippen LogP contribution < -0.4 is 19.8 Å². The van der Waals surface area contributed by atoms with Crippen molar-refractivity contribution in [3.63, 3.8) is 0 Å². The molecule has 0 aromatic heterocycles. The number of hydrogen-bond acceptors (Lipinski definition) is 5. The Morgan fingerprint density at radius 2 is 2.03 bits per heavy atom. The second-order valence-electron chi connectivity index (χ2n) is 8.33. The van der Waals surface area contributed by atoms with Crippen molar-refractivity contribution in [3.8, 4) is 11.5 Å². The van der Waals surface area contributed by atoms with Gasteiger partial charge in [0, 0.05) is 23.3 Å². The summed E-state index contributed by atoms with van der Waals surface area (Å²) in [6.45, 7) is 9.67. The Bertz CT molecular complexity index is 975. The Morgan fingerprint density at radius 1 is 1.32 bits per heavy atom. The fourth-order valence-electron chi connectivity index (χ4n) is 4.31. The molecule has 1 aliphatic heterocycles. The minimum absolute atomic E-state index is 0.0789. The number of methoxy groups -OCH3 is 1. The molecule has 3 rings (SSSR count). The molecule has 31 heavy (non-hydrogen) atoms. The van der Waals surface area contributed by atoms with Crippen LogP contribution in [0.5, 0.6) is 11.5 Å². The van der Waals surface area contributed by atoms with E-state index in [-0.39, 0.29) is 18.1 Å². The van der Waals surface area contributed by atoms with Crippen molar-refractivity contribution >= 4 is 29.4 Å². The van der Waals surface area contributed by atoms with Gasteiger partial charge in [0.25, 0.3) is 5.91 Å². The van der Waals surface area contributed by atoms with Crippen LogP contribution in [-0.4, -0.2) is 37.9 Å². The lowest BCUT2D eigenvalue weighted by molar-refractivity contribution is -0.123. The third-order valence-corrected chi connectivity index (χ3v) is 5.97. The molecule has 2 aromatic carbocycles. The van der Waals surface area contributed by atoms with Gasteiger partial charge in [-0.05, 0) is 62.9 Å². The molecule has 1 N–H and O–H groups in total. The molecular weight excluding hydrogens is 414 g/mol. The number of hydrogen-bond donors (Lipinski definition) is 1. The van der Waals surface area contributed by atoms with Gasteiger partial charge in [-0.1, -0.05) is 30.7 Å². The number of halogens is 1. The SMILES string of the molecule is CCN1c2cc(Cl)c(/C=N/NC(=O)COc3ccccc3OC)cc2C(C)CC1(C)C. The number of amides is 1. The lowest BCUT2D eigenvalue weighted by Gasteiger charge is -2.47. The van der Waals surface area contributed by atoms with Crippen LogP contribution >= 0.6 is 11.6 Å². The molecule has 166 valence electrons. The fourth-order valence-corrected chi connectivity index (χ4v) is 4.51. The number of fused-ring (bicyclic) bond motifs is 1. The molecule has 1 atom stereocenters. The molecule has 0 fully saturated rings. The minimum atomic E-state index is -0.372. The number of benzene rings is 2. The first-order valence-electron chi connectivity index (χ1n) is 10.5. The summed E-state index contributed by atoms with van der Waals surface area (Å²) in [7, 11) is 1.55. The number of hydrazone groups is 1. The number of anilines is 1. The molecule has 1 amide bonds. The zero-order valence-corrected chi connectivity index (χ0v) is 19.5. The van der Waals surface area contributed by atoms with Gasteiger partial charge in [-0.25, -0.2) is 5.43 Å². The number of carbonyl (C=O) groups is 1. The molecule has 0 spiro atoms. The Kier molecular flexibility index (Phi) is 7.11. The molecule has 0 radical (unpaired) electrons. The van der Waals surface area contributed by atoms with Gasteiger partial charge in [0.05, 0.1) is 18.3 Å². The zero-order valence-electron chi connectivity index (χ0n) is 18.7. The van der Waals surface area contributed by atoms with E-state index in [0.717, 1.165) is 18.5 Å². The number of para-hydroxylation sites is 2. The van der Waals surface area contributed by atoms with Crippen LogP contribution in [0.2, 0.25) is 5.02 Å². The maximum atomic E-state index is 12.1. The van der Waals surface area contributed by atoms with Gasteiger partial charge in [-0.15, -0.1) is 0 Å². The Morgan fingerprint density at radius 3 is 2.71 bits per heavy atom. The van der Waals surface area contributed by atoms with Crippen molar-refractivity contribution in [1.29, 1.82) is 0 Å². The first kappa shape index (κ1) is 22.9. The summed E-state index contributed by atoms with van der Waals surface area (Å²) in [6.07, 6.45) is 2.63. The summed E-state index contributed by atoms with van der Waals surface area (Å²) in [4.78, 5) is 14.5. The van der Waals surface area contributed by atoms with Crippen LogP contribution in [0.1, 0.15) is 51.2 Å². The average molecular weight is 444 g/mol. The molecule has 1 aliphatic rings. The highest BCUT2D eigenvalue weighted by Gasteiger charge is 2.35. The van der Waals surface area contributed by atoms with E-state index in [0.29, 0.717) is 22.4 Å². The first-order valence-corrected chi connectivity index (χ1v) is 10.8. The van der Waals surface area contributed by atoms with Gasteiger partial charge in [0.1, 0.15) is 0 Å². The van der Waals surface area contributed by atoms with Crippen LogP contribution in [-0.2, 0) is 4.79 Å². The summed E-state index contributed by atoms with van der Waals surface area (Å²) in [5, 5.41) is 4.67. The molecule has 2 aromatic rings. The van der Waals surface area contributed by atoms with Crippen molar-refractivity contribution < 1.29 is 14.3 Å². The highest BCUT2D eigenvalue weighted by molar-refractivity contribution is 6.33. The van der Waals surface area contributed by atoms with E-state index < -0.39 is 0 Å². The predicted octanol–water partition coefficient (Wildman–Crippen LogP) is 4.99. The van der Waals surface area contributed by atoms with Gasteiger partial charge >= 0.3 is 0 Å². The largest absolute Gasteiger partial charge is 0.493 e. The summed E-state index contributed by atoms with van der Waals surface area (Å²) in [6, 6.07) is 11.2. The summed E-state index contributed by atoms with van der Waals surface area (Å²) < 4.78 is 10.7. The Hall–Kier alpha value is -2.73. The van der Waals surface area contributed by atoms with Crippen molar-refractivity contribution in [2.45, 2.75) is 45.6 Å². The van der Waals surface area contributed by atoms with E-state index in [4.69, 9.17) is 21.1 Å². The molecule has 0 saturated carbocycles. The molecule has 1 unspecified atom stereocenters. The van der Waals surface area contributed by atoms with Crippen LogP contribution in [0.3, 0.4) is 0 Å². The zero-order chi connectivity index (χ0) is 22.6. The van der Waals surface area contributed by atoms with E-state index in [2.05, 4.69) is 49.2 Å². The average Bonchev–Trinajstić information content (AvgIpc) is 2.73. The van der Waals surface area contributed by atoms with Crippen molar-refractivity contribution in [3.05, 3.63) is 52.5 Å². The highest BCUT2D eigenvalue weighted by atomic mass is 35.5. The van der Waals surface area contributed by atoms with Crippen LogP contribution in [0.15, 0.2) is 41.5 Å². The number of nitrogens with zero attached hydrogens (tertiary/aromatic N) is 2. The van der Waals surface area contributed by atoms with E-state index in [9.17, 15) is 4.79 Å². The Balaban J connectivity index is 1.67. The van der Waals surface area contributed by atoms with Crippen LogP contribution in [0.25, 0.3) is 0 Å². The van der Waals surface area contributed by atoms with E-state index >= 15 is 0 Å². The lowest BCUT2D eigenvalue weighted by atomic mass is 9.79. The number of nitrogens with one attached hydrogen (secondary N) is 1. The van der Waals surface area contributed by atoms with E-state index in [1.165, 1.54) is 11.3 Å². The summed E-state index contributed by atoms with van der Waals surface area (Å²) >= 11 is 6.55. The molecule has 1 heterocycles. The third kappa shape index (κ3) is 5.13. The smallest absolute Gasteiger partial charge is 0.277 e. The Labute approximate surface area is 189 Å². The second-order valence-corrected chi connectivity index (χ2v) is 8.73. The highest BCUT2D eigenvalue weighted by Crippen LogP contribution is 2.44.